The molecular weight excluding hydrogens is 500 g/mol. The third kappa shape index (κ3) is 2.82. The van der Waals surface area contributed by atoms with Gasteiger partial charge in [-0.15, -0.1) is 0 Å². The Morgan fingerprint density at radius 3 is 2.51 bits per heavy atom. The molecule has 2 N–H and O–H groups in total. The van der Waals surface area contributed by atoms with Crippen molar-refractivity contribution in [3.8, 4) is 0 Å². The molecule has 0 aromatic rings. The largest absolute Gasteiger partial charge is 0.456 e. The maximum absolute atomic E-state index is 14.8. The summed E-state index contributed by atoms with van der Waals surface area (Å²) in [6.07, 6.45) is 6.65. The number of carbonyl (C=O) groups excluding carboxylic acids is 3. The number of esters is 1. The zero-order chi connectivity index (χ0) is 28.4. The number of ether oxygens (including phenoxy) is 3. The molecule has 4 fully saturated rings. The molecule has 6 rings (SSSR count). The van der Waals surface area contributed by atoms with Gasteiger partial charge in [0.2, 0.25) is 5.79 Å². The minimum Gasteiger partial charge on any atom is -0.456 e. The molecule has 6 aliphatic rings. The van der Waals surface area contributed by atoms with Gasteiger partial charge < -0.3 is 24.4 Å². The Labute approximate surface area is 229 Å². The van der Waals surface area contributed by atoms with E-state index < -0.39 is 69.0 Å². The SMILES string of the molecule is C=C1C(=O)OC2C[C@@]1(C)C1C(=O)[C@]3(O)O[C@]1([C@](O)(CC)CCC1C3CC=C3CC=CC(=O)[C@@]31C)[C@@]2(C)OCC. The number of ketones is 2. The van der Waals surface area contributed by atoms with Crippen LogP contribution in [-0.4, -0.2) is 63.0 Å². The summed E-state index contributed by atoms with van der Waals surface area (Å²) in [6.45, 7) is 13.3. The number of fused-ring (bicyclic) bond motifs is 8. The van der Waals surface area contributed by atoms with Crippen LogP contribution in [0.2, 0.25) is 0 Å². The van der Waals surface area contributed by atoms with Gasteiger partial charge in [0.15, 0.2) is 11.6 Å². The van der Waals surface area contributed by atoms with Crippen LogP contribution in [0.4, 0.5) is 0 Å². The van der Waals surface area contributed by atoms with E-state index in [0.29, 0.717) is 19.3 Å². The average Bonchev–Trinajstić information content (AvgIpc) is 3.16. The van der Waals surface area contributed by atoms with Gasteiger partial charge in [0.1, 0.15) is 17.3 Å². The number of allylic oxidation sites excluding steroid dienone is 4. The zero-order valence-electron chi connectivity index (χ0n) is 23.5. The van der Waals surface area contributed by atoms with Crippen molar-refractivity contribution in [2.24, 2.45) is 28.6 Å². The van der Waals surface area contributed by atoms with Gasteiger partial charge in [-0.05, 0) is 71.3 Å². The first kappa shape index (κ1) is 27.1. The highest BCUT2D eigenvalue weighted by Gasteiger charge is 2.86. The van der Waals surface area contributed by atoms with Crippen molar-refractivity contribution in [2.45, 2.75) is 102 Å². The van der Waals surface area contributed by atoms with E-state index in [1.807, 2.05) is 26.0 Å². The van der Waals surface area contributed by atoms with E-state index in [1.165, 1.54) is 0 Å². The first-order valence-electron chi connectivity index (χ1n) is 14.3. The van der Waals surface area contributed by atoms with Crippen LogP contribution in [0.1, 0.15) is 73.1 Å². The predicted molar refractivity (Wildman–Crippen MR) is 140 cm³/mol. The van der Waals surface area contributed by atoms with Gasteiger partial charge in [-0.1, -0.05) is 38.2 Å². The number of carbonyl (C=O) groups is 3. The Hall–Kier alpha value is -2.13. The second-order valence-corrected chi connectivity index (χ2v) is 13.1. The minimum absolute atomic E-state index is 0.0640. The number of aliphatic hydroxyl groups is 2. The molecule has 1 spiro atoms. The highest BCUT2D eigenvalue weighted by atomic mass is 16.7. The van der Waals surface area contributed by atoms with Gasteiger partial charge in [0.05, 0.1) is 16.9 Å². The van der Waals surface area contributed by atoms with Crippen molar-refractivity contribution in [1.29, 1.82) is 0 Å². The molecule has 0 aromatic carbocycles. The Balaban J connectivity index is 1.64. The van der Waals surface area contributed by atoms with Crippen molar-refractivity contribution in [2.75, 3.05) is 6.61 Å². The number of hydrogen-bond donors (Lipinski definition) is 2. The summed E-state index contributed by atoms with van der Waals surface area (Å²) < 4.78 is 19.1. The van der Waals surface area contributed by atoms with Crippen LogP contribution in [0, 0.1) is 28.6 Å². The van der Waals surface area contributed by atoms with Gasteiger partial charge in [-0.25, -0.2) is 4.79 Å². The molecule has 0 radical (unpaired) electrons. The monoisotopic (exact) mass is 540 g/mol. The number of Topliss-reactive ketones (excluding diaryl/α,β-unsaturated/α-hetero) is 1. The first-order valence-corrected chi connectivity index (χ1v) is 14.3. The fourth-order valence-electron chi connectivity index (χ4n) is 9.61. The Kier molecular flexibility index (Phi) is 5.55. The quantitative estimate of drug-likeness (QED) is 0.318. The van der Waals surface area contributed by atoms with Gasteiger partial charge in [0, 0.05) is 23.5 Å². The molecule has 3 aliphatic heterocycles. The van der Waals surface area contributed by atoms with Crippen molar-refractivity contribution in [3.05, 3.63) is 36.0 Å². The van der Waals surface area contributed by atoms with E-state index in [-0.39, 0.29) is 37.2 Å². The lowest BCUT2D eigenvalue weighted by Crippen LogP contribution is -2.81. The molecule has 3 aliphatic carbocycles. The lowest BCUT2D eigenvalue weighted by atomic mass is 9.46. The third-order valence-corrected chi connectivity index (χ3v) is 11.8. The van der Waals surface area contributed by atoms with Crippen molar-refractivity contribution >= 4 is 17.5 Å². The summed E-state index contributed by atoms with van der Waals surface area (Å²) in [4.78, 5) is 41.4. The highest BCUT2D eigenvalue weighted by molar-refractivity contribution is 6.00. The van der Waals surface area contributed by atoms with E-state index in [9.17, 15) is 24.6 Å². The van der Waals surface area contributed by atoms with Gasteiger partial charge in [-0.3, -0.25) is 9.59 Å². The fourth-order valence-corrected chi connectivity index (χ4v) is 9.61. The lowest BCUT2D eigenvalue weighted by Gasteiger charge is -2.66. The van der Waals surface area contributed by atoms with Crippen LogP contribution in [0.25, 0.3) is 0 Å². The standard InChI is InChI=1S/C31H40O8/c1-7-29(35)15-14-19-20(13-12-18-10-9-11-21(32)27(18,19)5)30(36)24(33)23-26(4)16-22(38-25(34)17(26)3)28(6,37-8-2)31(23,29)39-30/h9,11-12,19-20,22-23,35-36H,3,7-8,10,13-16H2,1-2,4-6H3/t19?,20?,22?,23?,26-,27+,28+,29+,30-,31+/m1/s1. The number of hydrogen-bond acceptors (Lipinski definition) is 8. The lowest BCUT2D eigenvalue weighted by molar-refractivity contribution is -0.382. The molecule has 3 saturated heterocycles. The molecule has 1 saturated carbocycles. The number of rotatable bonds is 3. The maximum Gasteiger partial charge on any atom is 0.334 e. The van der Waals surface area contributed by atoms with E-state index >= 15 is 0 Å². The van der Waals surface area contributed by atoms with Crippen LogP contribution >= 0.6 is 0 Å². The normalized spacial score (nSPS) is 52.2. The van der Waals surface area contributed by atoms with Gasteiger partial charge in [-0.2, -0.15) is 0 Å². The third-order valence-electron chi connectivity index (χ3n) is 11.8. The van der Waals surface area contributed by atoms with Gasteiger partial charge in [0.25, 0.3) is 0 Å². The van der Waals surface area contributed by atoms with Gasteiger partial charge >= 0.3 is 5.97 Å². The molecule has 3 heterocycles. The molecule has 4 unspecified atom stereocenters. The molecule has 8 nitrogen and oxygen atoms in total. The fraction of sp³-hybridized carbons (Fsp3) is 0.710. The topological polar surface area (TPSA) is 119 Å². The highest BCUT2D eigenvalue weighted by Crippen LogP contribution is 2.71. The minimum atomic E-state index is -2.31. The van der Waals surface area contributed by atoms with E-state index in [4.69, 9.17) is 14.2 Å². The second kappa shape index (κ2) is 7.99. The summed E-state index contributed by atoms with van der Waals surface area (Å²) in [5.41, 5.74) is -5.77. The van der Waals surface area contributed by atoms with E-state index in [1.54, 1.807) is 26.8 Å². The van der Waals surface area contributed by atoms with E-state index in [2.05, 4.69) is 6.58 Å². The maximum atomic E-state index is 14.8. The van der Waals surface area contributed by atoms with Crippen LogP contribution < -0.4 is 0 Å². The molecule has 8 heteroatoms. The summed E-state index contributed by atoms with van der Waals surface area (Å²) in [5.74, 6) is -5.84. The molecular formula is C31H40O8. The summed E-state index contributed by atoms with van der Waals surface area (Å²) in [6, 6.07) is 0. The molecule has 212 valence electrons. The zero-order valence-corrected chi connectivity index (χ0v) is 23.5. The molecule has 4 bridgehead atoms. The first-order chi connectivity index (χ1) is 18.2. The Morgan fingerprint density at radius 2 is 1.85 bits per heavy atom. The van der Waals surface area contributed by atoms with Crippen molar-refractivity contribution in [1.82, 2.24) is 0 Å². The van der Waals surface area contributed by atoms with Crippen molar-refractivity contribution < 1.29 is 38.8 Å². The van der Waals surface area contributed by atoms with Crippen LogP contribution in [0.15, 0.2) is 36.0 Å². The van der Waals surface area contributed by atoms with Crippen LogP contribution in [0.3, 0.4) is 0 Å². The second-order valence-electron chi connectivity index (χ2n) is 13.1. The van der Waals surface area contributed by atoms with E-state index in [0.717, 1.165) is 5.57 Å². The summed E-state index contributed by atoms with van der Waals surface area (Å²) in [5, 5.41) is 25.3. The Morgan fingerprint density at radius 1 is 1.13 bits per heavy atom. The molecule has 10 atom stereocenters. The van der Waals surface area contributed by atoms with Crippen LogP contribution in [0.5, 0.6) is 0 Å². The smallest absolute Gasteiger partial charge is 0.334 e. The van der Waals surface area contributed by atoms with Crippen molar-refractivity contribution in [3.63, 3.8) is 0 Å². The van der Waals surface area contributed by atoms with Crippen LogP contribution in [-0.2, 0) is 28.6 Å². The molecule has 39 heavy (non-hydrogen) atoms. The molecule has 0 aromatic heterocycles. The molecule has 0 amide bonds. The Bertz CT molecular complexity index is 1250. The average molecular weight is 541 g/mol. The summed E-state index contributed by atoms with van der Waals surface area (Å²) in [7, 11) is 0. The predicted octanol–water partition coefficient (Wildman–Crippen LogP) is 3.35. The summed E-state index contributed by atoms with van der Waals surface area (Å²) >= 11 is 0.